The fourth-order valence-corrected chi connectivity index (χ4v) is 2.31. The van der Waals surface area contributed by atoms with Crippen LogP contribution in [0.2, 0.25) is 0 Å². The summed E-state index contributed by atoms with van der Waals surface area (Å²) < 4.78 is 0. The lowest BCUT2D eigenvalue weighted by atomic mass is 10.1. The molecule has 1 saturated heterocycles. The van der Waals surface area contributed by atoms with Gasteiger partial charge in [0.05, 0.1) is 0 Å². The molecule has 1 aromatic rings. The molecule has 1 nitrogen and oxygen atoms in total. The predicted molar refractivity (Wildman–Crippen MR) is 60.5 cm³/mol. The van der Waals surface area contributed by atoms with Crippen molar-refractivity contribution in [1.82, 2.24) is 4.90 Å². The van der Waals surface area contributed by atoms with E-state index < -0.39 is 0 Å². The Kier molecular flexibility index (Phi) is 3.44. The molecule has 0 saturated carbocycles. The largest absolute Gasteiger partial charge is 0.284 e. The van der Waals surface area contributed by atoms with Gasteiger partial charge in [-0.15, -0.1) is 11.6 Å². The minimum atomic E-state index is 0.0662. The molecule has 14 heavy (non-hydrogen) atoms. The van der Waals surface area contributed by atoms with Gasteiger partial charge >= 0.3 is 0 Å². The molecule has 1 aliphatic heterocycles. The van der Waals surface area contributed by atoms with E-state index in [0.717, 1.165) is 13.1 Å². The summed E-state index contributed by atoms with van der Waals surface area (Å²) in [5.74, 6) is 0. The van der Waals surface area contributed by atoms with E-state index in [0.29, 0.717) is 0 Å². The summed E-state index contributed by atoms with van der Waals surface area (Å²) in [6.07, 6.45) is 3.93. The molecule has 76 valence electrons. The molecule has 1 atom stereocenters. The summed E-state index contributed by atoms with van der Waals surface area (Å²) in [5, 5.41) is 0. The molecule has 2 heteroatoms. The number of nitrogens with zero attached hydrogens (tertiary/aromatic N) is 1. The van der Waals surface area contributed by atoms with E-state index in [1.807, 2.05) is 6.07 Å². The molecular formula is C12H16ClN. The fraction of sp³-hybridized carbons (Fsp3) is 0.500. The number of benzene rings is 1. The van der Waals surface area contributed by atoms with E-state index in [-0.39, 0.29) is 5.50 Å². The number of piperidine rings is 1. The maximum Gasteiger partial charge on any atom is 0.111 e. The SMILES string of the molecule is ClC(c1ccccc1)N1CCCCC1. The van der Waals surface area contributed by atoms with Gasteiger partial charge in [0.15, 0.2) is 0 Å². The second-order valence-electron chi connectivity index (χ2n) is 3.84. The molecule has 1 aliphatic rings. The fourth-order valence-electron chi connectivity index (χ4n) is 1.97. The van der Waals surface area contributed by atoms with Gasteiger partial charge in [-0.2, -0.15) is 0 Å². The van der Waals surface area contributed by atoms with Gasteiger partial charge in [-0.25, -0.2) is 0 Å². The van der Waals surface area contributed by atoms with Crippen LogP contribution in [0.1, 0.15) is 30.3 Å². The Morgan fingerprint density at radius 3 is 2.29 bits per heavy atom. The number of halogens is 1. The second kappa shape index (κ2) is 4.81. The minimum Gasteiger partial charge on any atom is -0.284 e. The van der Waals surface area contributed by atoms with Gasteiger partial charge in [0, 0.05) is 0 Å². The maximum atomic E-state index is 6.41. The Hall–Kier alpha value is -0.530. The van der Waals surface area contributed by atoms with E-state index in [2.05, 4.69) is 29.2 Å². The zero-order valence-electron chi connectivity index (χ0n) is 8.32. The van der Waals surface area contributed by atoms with Crippen molar-refractivity contribution in [3.8, 4) is 0 Å². The Morgan fingerprint density at radius 1 is 1.00 bits per heavy atom. The number of likely N-dealkylation sites (tertiary alicyclic amines) is 1. The first kappa shape index (κ1) is 10.0. The van der Waals surface area contributed by atoms with Crippen LogP contribution >= 0.6 is 11.6 Å². The number of alkyl halides is 1. The van der Waals surface area contributed by atoms with E-state index in [4.69, 9.17) is 11.6 Å². The molecule has 0 spiro atoms. The van der Waals surface area contributed by atoms with E-state index in [9.17, 15) is 0 Å². The van der Waals surface area contributed by atoms with Crippen molar-refractivity contribution in [1.29, 1.82) is 0 Å². The van der Waals surface area contributed by atoms with Gasteiger partial charge < -0.3 is 0 Å². The highest BCUT2D eigenvalue weighted by Crippen LogP contribution is 2.27. The first-order valence-corrected chi connectivity index (χ1v) is 5.74. The van der Waals surface area contributed by atoms with Gasteiger partial charge in [-0.05, 0) is 31.5 Å². The van der Waals surface area contributed by atoms with Gasteiger partial charge in [0.25, 0.3) is 0 Å². The zero-order chi connectivity index (χ0) is 9.80. The third-order valence-electron chi connectivity index (χ3n) is 2.79. The zero-order valence-corrected chi connectivity index (χ0v) is 9.08. The molecule has 1 unspecified atom stereocenters. The molecular weight excluding hydrogens is 194 g/mol. The van der Waals surface area contributed by atoms with E-state index >= 15 is 0 Å². The lowest BCUT2D eigenvalue weighted by molar-refractivity contribution is 0.211. The van der Waals surface area contributed by atoms with Gasteiger partial charge in [0.1, 0.15) is 5.50 Å². The van der Waals surface area contributed by atoms with Crippen molar-refractivity contribution >= 4 is 11.6 Å². The molecule has 1 fully saturated rings. The predicted octanol–water partition coefficient (Wildman–Crippen LogP) is 3.41. The van der Waals surface area contributed by atoms with Crippen molar-refractivity contribution in [3.63, 3.8) is 0 Å². The topological polar surface area (TPSA) is 3.24 Å². The van der Waals surface area contributed by atoms with Crippen LogP contribution in [0, 0.1) is 0 Å². The van der Waals surface area contributed by atoms with Crippen LogP contribution in [0.15, 0.2) is 30.3 Å². The number of hydrogen-bond acceptors (Lipinski definition) is 1. The summed E-state index contributed by atoms with van der Waals surface area (Å²) in [7, 11) is 0. The quantitative estimate of drug-likeness (QED) is 0.533. The second-order valence-corrected chi connectivity index (χ2v) is 4.26. The molecule has 0 N–H and O–H groups in total. The first-order valence-electron chi connectivity index (χ1n) is 5.31. The summed E-state index contributed by atoms with van der Waals surface area (Å²) in [5.41, 5.74) is 1.28. The standard InChI is InChI=1S/C12H16ClN/c13-12(11-7-3-1-4-8-11)14-9-5-2-6-10-14/h1,3-4,7-8,12H,2,5-6,9-10H2. The van der Waals surface area contributed by atoms with Crippen molar-refractivity contribution in [3.05, 3.63) is 35.9 Å². The van der Waals surface area contributed by atoms with Gasteiger partial charge in [-0.1, -0.05) is 36.8 Å². The van der Waals surface area contributed by atoms with Crippen LogP contribution in [0.25, 0.3) is 0 Å². The number of hydrogen-bond donors (Lipinski definition) is 0. The van der Waals surface area contributed by atoms with Crippen molar-refractivity contribution in [2.75, 3.05) is 13.1 Å². The van der Waals surface area contributed by atoms with Crippen LogP contribution in [0.4, 0.5) is 0 Å². The Morgan fingerprint density at radius 2 is 1.64 bits per heavy atom. The molecule has 2 rings (SSSR count). The summed E-state index contributed by atoms with van der Waals surface area (Å²) in [6, 6.07) is 10.3. The summed E-state index contributed by atoms with van der Waals surface area (Å²) >= 11 is 6.41. The number of rotatable bonds is 2. The Bertz CT molecular complexity index is 267. The van der Waals surface area contributed by atoms with Gasteiger partial charge in [0.2, 0.25) is 0 Å². The van der Waals surface area contributed by atoms with Gasteiger partial charge in [-0.3, -0.25) is 4.90 Å². The summed E-state index contributed by atoms with van der Waals surface area (Å²) in [4.78, 5) is 2.36. The third kappa shape index (κ3) is 2.28. The van der Waals surface area contributed by atoms with Crippen molar-refractivity contribution < 1.29 is 0 Å². The lowest BCUT2D eigenvalue weighted by Gasteiger charge is -2.30. The average molecular weight is 210 g/mol. The maximum absolute atomic E-state index is 6.41. The van der Waals surface area contributed by atoms with E-state index in [1.165, 1.54) is 24.8 Å². The molecule has 0 aliphatic carbocycles. The molecule has 1 heterocycles. The van der Waals surface area contributed by atoms with Crippen LogP contribution in [-0.4, -0.2) is 18.0 Å². The Labute approximate surface area is 90.7 Å². The minimum absolute atomic E-state index is 0.0662. The molecule has 0 aromatic heterocycles. The normalized spacial score (nSPS) is 20.6. The highest BCUT2D eigenvalue weighted by Gasteiger charge is 2.19. The Balaban J connectivity index is 2.03. The molecule has 1 aromatic carbocycles. The molecule has 0 amide bonds. The van der Waals surface area contributed by atoms with E-state index in [1.54, 1.807) is 0 Å². The molecule has 0 radical (unpaired) electrons. The monoisotopic (exact) mass is 209 g/mol. The highest BCUT2D eigenvalue weighted by molar-refractivity contribution is 6.20. The van der Waals surface area contributed by atoms with Crippen LogP contribution in [-0.2, 0) is 0 Å². The lowest BCUT2D eigenvalue weighted by Crippen LogP contribution is -2.31. The third-order valence-corrected chi connectivity index (χ3v) is 3.31. The highest BCUT2D eigenvalue weighted by atomic mass is 35.5. The summed E-state index contributed by atoms with van der Waals surface area (Å²) in [6.45, 7) is 2.28. The van der Waals surface area contributed by atoms with Crippen LogP contribution in [0.3, 0.4) is 0 Å². The van der Waals surface area contributed by atoms with Crippen LogP contribution < -0.4 is 0 Å². The van der Waals surface area contributed by atoms with Crippen LogP contribution in [0.5, 0.6) is 0 Å². The van der Waals surface area contributed by atoms with Crippen molar-refractivity contribution in [2.24, 2.45) is 0 Å². The first-order chi connectivity index (χ1) is 6.88. The smallest absolute Gasteiger partial charge is 0.111 e. The molecule has 0 bridgehead atoms. The average Bonchev–Trinajstić information content (AvgIpc) is 2.30. The van der Waals surface area contributed by atoms with Crippen molar-refractivity contribution in [2.45, 2.75) is 24.8 Å².